The topological polar surface area (TPSA) is 44.8 Å². The number of hydrogen-bond acceptors (Lipinski definition) is 4. The van der Waals surface area contributed by atoms with E-state index in [4.69, 9.17) is 14.2 Å². The van der Waals surface area contributed by atoms with Crippen LogP contribution in [0.1, 0.15) is 17.3 Å². The molecule has 0 bridgehead atoms. The van der Waals surface area contributed by atoms with Gasteiger partial charge >= 0.3 is 5.97 Å². The van der Waals surface area contributed by atoms with Crippen molar-refractivity contribution in [3.8, 4) is 5.75 Å². The molecule has 0 aliphatic carbocycles. The maximum absolute atomic E-state index is 12.1. The van der Waals surface area contributed by atoms with E-state index >= 15 is 0 Å². The van der Waals surface area contributed by atoms with Gasteiger partial charge in [0.1, 0.15) is 17.9 Å². The summed E-state index contributed by atoms with van der Waals surface area (Å²) in [4.78, 5) is 12.1. The van der Waals surface area contributed by atoms with E-state index in [1.165, 1.54) is 0 Å². The lowest BCUT2D eigenvalue weighted by Gasteiger charge is -2.14. The monoisotopic (exact) mass is 352 g/mol. The highest BCUT2D eigenvalue weighted by Crippen LogP contribution is 2.37. The van der Waals surface area contributed by atoms with Crippen molar-refractivity contribution < 1.29 is 19.0 Å². The van der Waals surface area contributed by atoms with Crippen LogP contribution in [0.5, 0.6) is 5.75 Å². The van der Waals surface area contributed by atoms with Crippen LogP contribution in [-0.4, -0.2) is 32.9 Å². The molecule has 0 aliphatic heterocycles. The molecule has 2 aromatic carbocycles. The van der Waals surface area contributed by atoms with E-state index in [0.717, 1.165) is 15.2 Å². The number of ether oxygens (including phenoxy) is 3. The Kier molecular flexibility index (Phi) is 5.59. The van der Waals surface area contributed by atoms with Crippen molar-refractivity contribution in [1.29, 1.82) is 0 Å². The van der Waals surface area contributed by atoms with Crippen LogP contribution in [0.25, 0.3) is 10.8 Å². The first-order chi connectivity index (χ1) is 10.2. The molecular formula is C16H17BrO4. The Labute approximate surface area is 132 Å². The fourth-order valence-electron chi connectivity index (χ4n) is 2.01. The molecule has 21 heavy (non-hydrogen) atoms. The van der Waals surface area contributed by atoms with E-state index < -0.39 is 5.97 Å². The molecular weight excluding hydrogens is 336 g/mol. The summed E-state index contributed by atoms with van der Waals surface area (Å²) in [6.45, 7) is 2.90. The lowest BCUT2D eigenvalue weighted by molar-refractivity contribution is 0.0519. The van der Waals surface area contributed by atoms with Crippen LogP contribution in [0.2, 0.25) is 0 Å². The van der Waals surface area contributed by atoms with Crippen molar-refractivity contribution in [3.63, 3.8) is 0 Å². The van der Waals surface area contributed by atoms with Crippen molar-refractivity contribution in [2.45, 2.75) is 6.92 Å². The maximum Gasteiger partial charge on any atom is 0.341 e. The van der Waals surface area contributed by atoms with Crippen LogP contribution in [0, 0.1) is 0 Å². The molecule has 0 unspecified atom stereocenters. The molecule has 0 spiro atoms. The summed E-state index contributed by atoms with van der Waals surface area (Å²) in [6.07, 6.45) is 0. The van der Waals surface area contributed by atoms with E-state index in [1.54, 1.807) is 20.1 Å². The zero-order valence-corrected chi connectivity index (χ0v) is 13.6. The number of methoxy groups -OCH3 is 1. The summed E-state index contributed by atoms with van der Waals surface area (Å²) in [5.74, 6) is 0.0977. The van der Waals surface area contributed by atoms with E-state index in [9.17, 15) is 4.79 Å². The van der Waals surface area contributed by atoms with Crippen LogP contribution < -0.4 is 4.74 Å². The molecule has 4 nitrogen and oxygen atoms in total. The summed E-state index contributed by atoms with van der Waals surface area (Å²) in [6, 6.07) is 9.57. The van der Waals surface area contributed by atoms with Crippen LogP contribution >= 0.6 is 15.9 Å². The second-order valence-corrected chi connectivity index (χ2v) is 5.14. The zero-order chi connectivity index (χ0) is 15.2. The fraction of sp³-hybridized carbons (Fsp3) is 0.312. The quantitative estimate of drug-likeness (QED) is 0.585. The number of benzene rings is 2. The van der Waals surface area contributed by atoms with Gasteiger partial charge < -0.3 is 14.2 Å². The molecule has 2 aromatic rings. The van der Waals surface area contributed by atoms with Crippen molar-refractivity contribution in [2.75, 3.05) is 26.9 Å². The van der Waals surface area contributed by atoms with Gasteiger partial charge in [-0.2, -0.15) is 0 Å². The molecule has 0 atom stereocenters. The van der Waals surface area contributed by atoms with Gasteiger partial charge in [0.15, 0.2) is 0 Å². The normalized spacial score (nSPS) is 10.6. The SMILES string of the molecule is CCOC(=O)c1cc2ccccc2c(Br)c1OCCOC. The molecule has 0 N–H and O–H groups in total. The highest BCUT2D eigenvalue weighted by atomic mass is 79.9. The Morgan fingerprint density at radius 3 is 2.71 bits per heavy atom. The van der Waals surface area contributed by atoms with Crippen LogP contribution in [0.15, 0.2) is 34.8 Å². The number of fused-ring (bicyclic) bond motifs is 1. The maximum atomic E-state index is 12.1. The van der Waals surface area contributed by atoms with Gasteiger partial charge in [0.2, 0.25) is 0 Å². The zero-order valence-electron chi connectivity index (χ0n) is 12.0. The first-order valence-electron chi connectivity index (χ1n) is 6.69. The van der Waals surface area contributed by atoms with Crippen LogP contribution in [0.4, 0.5) is 0 Å². The Morgan fingerprint density at radius 2 is 2.00 bits per heavy atom. The van der Waals surface area contributed by atoms with Gasteiger partial charge in [0, 0.05) is 7.11 Å². The summed E-state index contributed by atoms with van der Waals surface area (Å²) in [5, 5.41) is 1.93. The molecule has 2 rings (SSSR count). The number of carbonyl (C=O) groups is 1. The molecule has 0 heterocycles. The van der Waals surface area contributed by atoms with Gasteiger partial charge in [-0.3, -0.25) is 0 Å². The van der Waals surface area contributed by atoms with Crippen LogP contribution in [-0.2, 0) is 9.47 Å². The van der Waals surface area contributed by atoms with Gasteiger partial charge in [-0.15, -0.1) is 0 Å². The van der Waals surface area contributed by atoms with Gasteiger partial charge in [-0.25, -0.2) is 4.79 Å². The van der Waals surface area contributed by atoms with Gasteiger partial charge in [-0.05, 0) is 39.7 Å². The third kappa shape index (κ3) is 3.54. The third-order valence-electron chi connectivity index (χ3n) is 2.97. The lowest BCUT2D eigenvalue weighted by Crippen LogP contribution is -2.11. The molecule has 0 aliphatic rings. The third-order valence-corrected chi connectivity index (χ3v) is 3.76. The highest BCUT2D eigenvalue weighted by Gasteiger charge is 2.19. The average Bonchev–Trinajstić information content (AvgIpc) is 2.49. The first-order valence-corrected chi connectivity index (χ1v) is 7.48. The summed E-state index contributed by atoms with van der Waals surface area (Å²) < 4.78 is 16.6. The molecule has 0 saturated heterocycles. The van der Waals surface area contributed by atoms with Gasteiger partial charge in [-0.1, -0.05) is 24.3 Å². The predicted molar refractivity (Wildman–Crippen MR) is 85.0 cm³/mol. The lowest BCUT2D eigenvalue weighted by atomic mass is 10.1. The largest absolute Gasteiger partial charge is 0.489 e. The molecule has 0 aromatic heterocycles. The smallest absolute Gasteiger partial charge is 0.341 e. The number of esters is 1. The van der Waals surface area contributed by atoms with Crippen molar-refractivity contribution in [3.05, 3.63) is 40.4 Å². The fourth-order valence-corrected chi connectivity index (χ4v) is 2.70. The van der Waals surface area contributed by atoms with E-state index in [-0.39, 0.29) is 0 Å². The van der Waals surface area contributed by atoms with E-state index in [1.807, 2.05) is 24.3 Å². The first kappa shape index (κ1) is 15.8. The Balaban J connectivity index is 2.51. The van der Waals surface area contributed by atoms with Crippen molar-refractivity contribution in [1.82, 2.24) is 0 Å². The van der Waals surface area contributed by atoms with E-state index in [0.29, 0.717) is 31.1 Å². The predicted octanol–water partition coefficient (Wildman–Crippen LogP) is 3.80. The minimum absolute atomic E-state index is 0.320. The molecule has 0 fully saturated rings. The minimum Gasteiger partial charge on any atom is -0.489 e. The summed E-state index contributed by atoms with van der Waals surface area (Å²) in [7, 11) is 1.60. The second-order valence-electron chi connectivity index (χ2n) is 4.35. The summed E-state index contributed by atoms with van der Waals surface area (Å²) in [5.41, 5.74) is 0.415. The highest BCUT2D eigenvalue weighted by molar-refractivity contribution is 9.10. The molecule has 0 radical (unpaired) electrons. The standard InChI is InChI=1S/C16H17BrO4/c1-3-20-16(18)13-10-11-6-4-5-7-12(11)14(17)15(13)21-9-8-19-2/h4-7,10H,3,8-9H2,1-2H3. The van der Waals surface area contributed by atoms with Crippen LogP contribution in [0.3, 0.4) is 0 Å². The minimum atomic E-state index is -0.392. The average molecular weight is 353 g/mol. The van der Waals surface area contributed by atoms with Gasteiger partial charge in [0.25, 0.3) is 0 Å². The number of hydrogen-bond donors (Lipinski definition) is 0. The molecule has 0 saturated carbocycles. The number of carbonyl (C=O) groups excluding carboxylic acids is 1. The summed E-state index contributed by atoms with van der Waals surface area (Å²) >= 11 is 3.53. The Bertz CT molecular complexity index is 639. The number of rotatable bonds is 6. The van der Waals surface area contributed by atoms with E-state index in [2.05, 4.69) is 15.9 Å². The second kappa shape index (κ2) is 7.43. The molecule has 5 heteroatoms. The molecule has 112 valence electrons. The van der Waals surface area contributed by atoms with Crippen molar-refractivity contribution in [2.24, 2.45) is 0 Å². The Hall–Kier alpha value is -1.59. The Morgan fingerprint density at radius 1 is 1.24 bits per heavy atom. The number of halogens is 1. The van der Waals surface area contributed by atoms with Crippen molar-refractivity contribution >= 4 is 32.7 Å². The molecule has 0 amide bonds. The van der Waals surface area contributed by atoms with Gasteiger partial charge in [0.05, 0.1) is 17.7 Å².